The first-order chi connectivity index (χ1) is 27.4. The van der Waals surface area contributed by atoms with E-state index < -0.39 is 0 Å². The van der Waals surface area contributed by atoms with Crippen molar-refractivity contribution in [1.82, 2.24) is 20.4 Å². The zero-order chi connectivity index (χ0) is 38.5. The van der Waals surface area contributed by atoms with E-state index in [1.54, 1.807) is 0 Å². The summed E-state index contributed by atoms with van der Waals surface area (Å²) in [7, 11) is 3.71. The van der Waals surface area contributed by atoms with E-state index in [0.717, 1.165) is 108 Å². The molecule has 0 spiro atoms. The number of hydrogen-bond acceptors (Lipinski definition) is 10. The Balaban J connectivity index is 0.00000256. The molecule has 0 aromatic heterocycles. The van der Waals surface area contributed by atoms with Gasteiger partial charge in [0.05, 0.1) is 50.6 Å². The van der Waals surface area contributed by atoms with Gasteiger partial charge in [-0.2, -0.15) is 0 Å². The number of anilines is 2. The minimum atomic E-state index is -0.318. The predicted octanol–water partition coefficient (Wildman–Crippen LogP) is 6.23. The van der Waals surface area contributed by atoms with E-state index in [4.69, 9.17) is 9.47 Å². The van der Waals surface area contributed by atoms with E-state index in [1.165, 1.54) is 9.80 Å². The first-order valence-corrected chi connectivity index (χ1v) is 20.4. The number of amides is 4. The quantitative estimate of drug-likeness (QED) is 0.0577. The fraction of sp³-hybridized carbons (Fsp3) is 0.455. The molecule has 5 aromatic carbocycles. The Bertz CT molecular complexity index is 2230. The summed E-state index contributed by atoms with van der Waals surface area (Å²) in [5.41, 5.74) is 3.99. The summed E-state index contributed by atoms with van der Waals surface area (Å²) in [6.07, 6.45) is 6.42. The summed E-state index contributed by atoms with van der Waals surface area (Å²) in [6.45, 7) is 6.55. The van der Waals surface area contributed by atoms with Crippen LogP contribution >= 0.6 is 24.8 Å². The Kier molecular flexibility index (Phi) is 12.6. The molecule has 5 aromatic rings. The Morgan fingerprint density at radius 1 is 0.483 bits per heavy atom. The highest BCUT2D eigenvalue weighted by Crippen LogP contribution is 2.52. The van der Waals surface area contributed by atoms with E-state index in [-0.39, 0.29) is 74.7 Å². The lowest BCUT2D eigenvalue weighted by molar-refractivity contribution is 0.0514. The first-order valence-electron chi connectivity index (χ1n) is 20.4. The molecular formula is C44H52Cl2N6O6. The van der Waals surface area contributed by atoms with Crippen molar-refractivity contribution in [3.05, 3.63) is 58.7 Å². The molecule has 0 saturated carbocycles. The third-order valence-electron chi connectivity index (χ3n) is 12.3. The van der Waals surface area contributed by atoms with E-state index in [9.17, 15) is 19.2 Å². The molecule has 12 nitrogen and oxygen atoms in total. The van der Waals surface area contributed by atoms with Crippen molar-refractivity contribution in [3.63, 3.8) is 0 Å². The minimum Gasteiger partial charge on any atom is -0.378 e. The monoisotopic (exact) mass is 830 g/mol. The molecule has 4 heterocycles. The van der Waals surface area contributed by atoms with E-state index >= 15 is 0 Å². The van der Waals surface area contributed by atoms with Gasteiger partial charge in [-0.05, 0) is 87.7 Å². The number of nitrogens with zero attached hydrogens (tertiary/aromatic N) is 4. The molecule has 2 N–H and O–H groups in total. The number of carbonyl (C=O) groups is 4. The predicted molar refractivity (Wildman–Crippen MR) is 235 cm³/mol. The number of fused-ring (bicyclic) bond motifs is 2. The van der Waals surface area contributed by atoms with Crippen LogP contribution < -0.4 is 20.4 Å². The van der Waals surface area contributed by atoms with Gasteiger partial charge in [0.25, 0.3) is 23.6 Å². The fourth-order valence-electron chi connectivity index (χ4n) is 9.56. The third kappa shape index (κ3) is 6.81. The number of halogens is 2. The van der Waals surface area contributed by atoms with Gasteiger partial charge in [-0.3, -0.25) is 29.0 Å². The van der Waals surface area contributed by atoms with Gasteiger partial charge in [0, 0.05) is 94.1 Å². The van der Waals surface area contributed by atoms with E-state index in [1.807, 2.05) is 50.5 Å². The summed E-state index contributed by atoms with van der Waals surface area (Å²) >= 11 is 0. The first kappa shape index (κ1) is 41.8. The van der Waals surface area contributed by atoms with Crippen molar-refractivity contribution in [1.29, 1.82) is 0 Å². The zero-order valence-electron chi connectivity index (χ0n) is 33.2. The SMILES string of the molecule is CNCCOCCN1C(=O)c2ccc3c4c(N5CCCCC5)cc5c6c(ccc(c7c(N8CCCCC8)cc(c2c37)C1=O)c64)C(=O)N(CCOCCNC)C5=O.Cl.Cl. The maximum atomic E-state index is 14.5. The third-order valence-corrected chi connectivity index (χ3v) is 12.3. The van der Waals surface area contributed by atoms with Gasteiger partial charge in [0.1, 0.15) is 0 Å². The van der Waals surface area contributed by atoms with Crippen molar-refractivity contribution in [2.45, 2.75) is 38.5 Å². The van der Waals surface area contributed by atoms with Crippen LogP contribution in [-0.2, 0) is 9.47 Å². The minimum absolute atomic E-state index is 0. The maximum absolute atomic E-state index is 14.5. The van der Waals surface area contributed by atoms with E-state index in [0.29, 0.717) is 59.3 Å². The molecule has 2 saturated heterocycles. The Labute approximate surface area is 350 Å². The van der Waals surface area contributed by atoms with Gasteiger partial charge in [-0.15, -0.1) is 24.8 Å². The van der Waals surface area contributed by atoms with Crippen LogP contribution in [0.2, 0.25) is 0 Å². The Morgan fingerprint density at radius 2 is 0.862 bits per heavy atom. The topological polar surface area (TPSA) is 124 Å². The average molecular weight is 832 g/mol. The number of likely N-dealkylation sites (N-methyl/N-ethyl adjacent to an activating group) is 2. The highest BCUT2D eigenvalue weighted by atomic mass is 35.5. The van der Waals surface area contributed by atoms with Crippen LogP contribution in [0.1, 0.15) is 80.0 Å². The van der Waals surface area contributed by atoms with Crippen LogP contribution in [0.5, 0.6) is 0 Å². The van der Waals surface area contributed by atoms with Crippen LogP contribution in [0.15, 0.2) is 36.4 Å². The number of hydrogen-bond donors (Lipinski definition) is 2. The molecule has 0 radical (unpaired) electrons. The molecule has 9 rings (SSSR count). The van der Waals surface area contributed by atoms with Crippen LogP contribution in [0.4, 0.5) is 11.4 Å². The van der Waals surface area contributed by atoms with Crippen molar-refractivity contribution in [2.75, 3.05) is 103 Å². The maximum Gasteiger partial charge on any atom is 0.261 e. The second kappa shape index (κ2) is 17.5. The number of imide groups is 2. The van der Waals surface area contributed by atoms with Crippen molar-refractivity contribution >= 4 is 103 Å². The number of nitrogens with one attached hydrogen (secondary N) is 2. The number of carbonyl (C=O) groups excluding carboxylic acids is 4. The molecule has 58 heavy (non-hydrogen) atoms. The Hall–Kier alpha value is -4.30. The zero-order valence-corrected chi connectivity index (χ0v) is 34.9. The molecule has 0 bridgehead atoms. The highest BCUT2D eigenvalue weighted by Gasteiger charge is 2.39. The lowest BCUT2D eigenvalue weighted by atomic mass is 9.80. The molecule has 0 unspecified atom stereocenters. The number of piperidine rings is 2. The van der Waals surface area contributed by atoms with Crippen molar-refractivity contribution in [2.24, 2.45) is 0 Å². The smallest absolute Gasteiger partial charge is 0.261 e. The standard InChI is InChI=1S/C44H50N6O6.2ClH/c1-45-13-21-55-23-19-49-41(51)29-11-9-27-38-34(48-17-7-4-8-18-48)26-32-36-30(42(52)50(44(32)54)20-24-56-22-14-46-2)12-10-28(40(36)38)37-33(47-15-5-3-6-16-47)25-31(43(49)53)35(29)39(27)37;;/h9-12,25-26,45-46H,3-8,13-24H2,1-2H3;2*1H. The van der Waals surface area contributed by atoms with Gasteiger partial charge in [-0.25, -0.2) is 0 Å². The molecule has 308 valence electrons. The van der Waals surface area contributed by atoms with Crippen LogP contribution in [0.25, 0.3) is 43.1 Å². The summed E-state index contributed by atoms with van der Waals surface area (Å²) < 4.78 is 11.5. The molecular weight excluding hydrogens is 779 g/mol. The van der Waals surface area contributed by atoms with Gasteiger partial charge >= 0.3 is 0 Å². The van der Waals surface area contributed by atoms with Crippen LogP contribution in [0, 0.1) is 0 Å². The van der Waals surface area contributed by atoms with Crippen LogP contribution in [0.3, 0.4) is 0 Å². The molecule has 0 atom stereocenters. The molecule has 0 aliphatic carbocycles. The van der Waals surface area contributed by atoms with Gasteiger partial charge in [0.15, 0.2) is 0 Å². The van der Waals surface area contributed by atoms with Gasteiger partial charge in [-0.1, -0.05) is 12.1 Å². The lowest BCUT2D eigenvalue weighted by Crippen LogP contribution is -2.43. The number of rotatable bonds is 14. The summed E-state index contributed by atoms with van der Waals surface area (Å²) in [6, 6.07) is 11.9. The summed E-state index contributed by atoms with van der Waals surface area (Å²) in [5.74, 6) is -1.25. The average Bonchev–Trinajstić information content (AvgIpc) is 3.23. The molecule has 4 amide bonds. The molecule has 4 aliphatic heterocycles. The summed E-state index contributed by atoms with van der Waals surface area (Å²) in [4.78, 5) is 65.1. The van der Waals surface area contributed by atoms with Crippen molar-refractivity contribution < 1.29 is 28.7 Å². The van der Waals surface area contributed by atoms with Crippen LogP contribution in [-0.4, -0.2) is 126 Å². The highest BCUT2D eigenvalue weighted by molar-refractivity contribution is 6.44. The van der Waals surface area contributed by atoms with Crippen molar-refractivity contribution in [3.8, 4) is 0 Å². The summed E-state index contributed by atoms with van der Waals surface area (Å²) in [5, 5.41) is 13.1. The molecule has 4 aliphatic rings. The molecule has 14 heteroatoms. The Morgan fingerprint density at radius 3 is 1.24 bits per heavy atom. The molecule has 2 fully saturated rings. The second-order valence-corrected chi connectivity index (χ2v) is 15.5. The fourth-order valence-corrected chi connectivity index (χ4v) is 9.56. The second-order valence-electron chi connectivity index (χ2n) is 15.5. The van der Waals surface area contributed by atoms with Gasteiger partial charge < -0.3 is 29.9 Å². The van der Waals surface area contributed by atoms with Gasteiger partial charge in [0.2, 0.25) is 0 Å². The lowest BCUT2D eigenvalue weighted by Gasteiger charge is -2.36. The largest absolute Gasteiger partial charge is 0.378 e. The number of ether oxygens (including phenoxy) is 2. The number of benzene rings is 5. The van der Waals surface area contributed by atoms with E-state index in [2.05, 4.69) is 20.4 Å². The normalized spacial score (nSPS) is 17.0.